The van der Waals surface area contributed by atoms with E-state index in [1.165, 1.54) is 16.8 Å². The molecule has 1 aliphatic rings. The van der Waals surface area contributed by atoms with Crippen LogP contribution in [0.5, 0.6) is 0 Å². The van der Waals surface area contributed by atoms with Gasteiger partial charge in [0.15, 0.2) is 0 Å². The van der Waals surface area contributed by atoms with Crippen molar-refractivity contribution in [1.82, 2.24) is 9.97 Å². The average Bonchev–Trinajstić information content (AvgIpc) is 2.93. The largest absolute Gasteiger partial charge is 0.345 e. The molecule has 1 heterocycles. The molecule has 1 aliphatic carbocycles. The monoisotopic (exact) mass is 303 g/mol. The molecule has 0 aliphatic heterocycles. The zero-order valence-corrected chi connectivity index (χ0v) is 13.4. The third kappa shape index (κ3) is 2.99. The molecule has 0 radical (unpaired) electrons. The van der Waals surface area contributed by atoms with E-state index in [0.717, 1.165) is 42.3 Å². The summed E-state index contributed by atoms with van der Waals surface area (Å²) in [6.45, 7) is 5.20. The lowest BCUT2D eigenvalue weighted by Crippen LogP contribution is -2.19. The average molecular weight is 304 g/mol. The summed E-state index contributed by atoms with van der Waals surface area (Å²) in [6.07, 6.45) is 2.98. The van der Waals surface area contributed by atoms with Crippen molar-refractivity contribution in [2.75, 3.05) is 6.54 Å². The first kappa shape index (κ1) is 14.6. The van der Waals surface area contributed by atoms with Crippen LogP contribution in [0.4, 0.5) is 0 Å². The standard InChI is InChI=1S/C17H22ClN3/c1-10(2)5-11(9-19)6-16-20-15-8-12-7-13(18)3-4-14(12)17(15)21-16/h3-4,7,10-11H,5-6,8-9,19H2,1-2H3,(H,20,21). The second kappa shape index (κ2) is 5.82. The number of fused-ring (bicyclic) bond motifs is 3. The van der Waals surface area contributed by atoms with Gasteiger partial charge in [-0.05, 0) is 42.5 Å². The minimum atomic E-state index is 0.501. The second-order valence-electron chi connectivity index (χ2n) is 6.42. The fourth-order valence-electron chi connectivity index (χ4n) is 3.24. The van der Waals surface area contributed by atoms with Gasteiger partial charge in [-0.3, -0.25) is 0 Å². The highest BCUT2D eigenvalue weighted by atomic mass is 35.5. The van der Waals surface area contributed by atoms with E-state index in [4.69, 9.17) is 22.3 Å². The molecule has 3 nitrogen and oxygen atoms in total. The molecule has 1 atom stereocenters. The zero-order valence-electron chi connectivity index (χ0n) is 12.6. The molecule has 1 unspecified atom stereocenters. The van der Waals surface area contributed by atoms with Gasteiger partial charge in [0.05, 0.1) is 5.69 Å². The van der Waals surface area contributed by atoms with E-state index in [2.05, 4.69) is 24.9 Å². The molecule has 0 saturated heterocycles. The first-order valence-corrected chi connectivity index (χ1v) is 8.01. The number of H-pyrrole nitrogens is 1. The van der Waals surface area contributed by atoms with E-state index in [1.807, 2.05) is 12.1 Å². The Kier molecular flexibility index (Phi) is 4.05. The molecule has 1 aromatic heterocycles. The Hall–Kier alpha value is -1.32. The van der Waals surface area contributed by atoms with Gasteiger partial charge in [0.2, 0.25) is 0 Å². The number of nitrogens with one attached hydrogen (secondary N) is 1. The molecule has 112 valence electrons. The first-order chi connectivity index (χ1) is 10.1. The van der Waals surface area contributed by atoms with Crippen LogP contribution in [0, 0.1) is 11.8 Å². The molecule has 0 saturated carbocycles. The summed E-state index contributed by atoms with van der Waals surface area (Å²) in [4.78, 5) is 8.29. The molecule has 3 rings (SSSR count). The molecule has 4 heteroatoms. The number of nitrogens with two attached hydrogens (primary N) is 1. The number of rotatable bonds is 5. The van der Waals surface area contributed by atoms with Gasteiger partial charge in [-0.25, -0.2) is 4.98 Å². The second-order valence-corrected chi connectivity index (χ2v) is 6.86. The van der Waals surface area contributed by atoms with Crippen LogP contribution in [0.2, 0.25) is 5.02 Å². The van der Waals surface area contributed by atoms with Crippen molar-refractivity contribution in [3.63, 3.8) is 0 Å². The van der Waals surface area contributed by atoms with Gasteiger partial charge in [0, 0.05) is 29.1 Å². The Morgan fingerprint density at radius 2 is 2.19 bits per heavy atom. The minimum Gasteiger partial charge on any atom is -0.345 e. The highest BCUT2D eigenvalue weighted by molar-refractivity contribution is 6.30. The lowest BCUT2D eigenvalue weighted by Gasteiger charge is -2.15. The Labute approximate surface area is 130 Å². The molecule has 0 amide bonds. The summed E-state index contributed by atoms with van der Waals surface area (Å²) in [6, 6.07) is 6.04. The Balaban J connectivity index is 1.80. The summed E-state index contributed by atoms with van der Waals surface area (Å²) < 4.78 is 0. The Morgan fingerprint density at radius 3 is 2.90 bits per heavy atom. The van der Waals surface area contributed by atoms with E-state index >= 15 is 0 Å². The van der Waals surface area contributed by atoms with Crippen molar-refractivity contribution in [2.45, 2.75) is 33.1 Å². The Morgan fingerprint density at radius 1 is 1.38 bits per heavy atom. The molecule has 0 fully saturated rings. The van der Waals surface area contributed by atoms with Gasteiger partial charge >= 0.3 is 0 Å². The SMILES string of the molecule is CC(C)CC(CN)Cc1nc2c([nH]1)Cc1cc(Cl)ccc1-2. The van der Waals surface area contributed by atoms with Crippen LogP contribution in [-0.2, 0) is 12.8 Å². The van der Waals surface area contributed by atoms with Crippen molar-refractivity contribution in [3.05, 3.63) is 40.3 Å². The predicted octanol–water partition coefficient (Wildman–Crippen LogP) is 3.80. The maximum absolute atomic E-state index is 6.06. The van der Waals surface area contributed by atoms with Crippen LogP contribution in [-0.4, -0.2) is 16.5 Å². The van der Waals surface area contributed by atoms with Crippen molar-refractivity contribution < 1.29 is 0 Å². The first-order valence-electron chi connectivity index (χ1n) is 7.63. The smallest absolute Gasteiger partial charge is 0.107 e. The number of halogens is 1. The molecule has 2 aromatic rings. The van der Waals surface area contributed by atoms with Crippen LogP contribution in [0.15, 0.2) is 18.2 Å². The molecule has 0 bridgehead atoms. The maximum Gasteiger partial charge on any atom is 0.107 e. The van der Waals surface area contributed by atoms with Crippen LogP contribution >= 0.6 is 11.6 Å². The number of imidazole rings is 1. The van der Waals surface area contributed by atoms with Crippen molar-refractivity contribution >= 4 is 11.6 Å². The summed E-state index contributed by atoms with van der Waals surface area (Å²) in [5, 5.41) is 0.791. The van der Waals surface area contributed by atoms with Crippen LogP contribution in [0.3, 0.4) is 0 Å². The molecule has 0 spiro atoms. The topological polar surface area (TPSA) is 54.7 Å². The van der Waals surface area contributed by atoms with Gasteiger partial charge < -0.3 is 10.7 Å². The number of aromatic nitrogens is 2. The fourth-order valence-corrected chi connectivity index (χ4v) is 3.44. The van der Waals surface area contributed by atoms with E-state index in [0.29, 0.717) is 11.8 Å². The molecular formula is C17H22ClN3. The van der Waals surface area contributed by atoms with Gasteiger partial charge in [-0.15, -0.1) is 0 Å². The number of hydrogen-bond donors (Lipinski definition) is 2. The van der Waals surface area contributed by atoms with Gasteiger partial charge in [-0.1, -0.05) is 31.5 Å². The quantitative estimate of drug-likeness (QED) is 0.753. The molecule has 1 aromatic carbocycles. The van der Waals surface area contributed by atoms with Crippen LogP contribution in [0.25, 0.3) is 11.3 Å². The van der Waals surface area contributed by atoms with Crippen LogP contribution < -0.4 is 5.73 Å². The fraction of sp³-hybridized carbons (Fsp3) is 0.471. The number of benzene rings is 1. The molecule has 3 N–H and O–H groups in total. The van der Waals surface area contributed by atoms with E-state index in [-0.39, 0.29) is 0 Å². The van der Waals surface area contributed by atoms with Gasteiger partial charge in [0.1, 0.15) is 5.82 Å². The van der Waals surface area contributed by atoms with Gasteiger partial charge in [0.25, 0.3) is 0 Å². The van der Waals surface area contributed by atoms with Crippen molar-refractivity contribution in [3.8, 4) is 11.3 Å². The Bertz CT molecular complexity index is 645. The highest BCUT2D eigenvalue weighted by Gasteiger charge is 2.23. The van der Waals surface area contributed by atoms with E-state index in [1.54, 1.807) is 0 Å². The van der Waals surface area contributed by atoms with Crippen LogP contribution in [0.1, 0.15) is 37.4 Å². The summed E-state index contributed by atoms with van der Waals surface area (Å²) in [5.74, 6) is 2.24. The number of hydrogen-bond acceptors (Lipinski definition) is 2. The summed E-state index contributed by atoms with van der Waals surface area (Å²) >= 11 is 6.06. The number of aromatic amines is 1. The minimum absolute atomic E-state index is 0.501. The van der Waals surface area contributed by atoms with Crippen molar-refractivity contribution in [1.29, 1.82) is 0 Å². The maximum atomic E-state index is 6.06. The third-order valence-corrected chi connectivity index (χ3v) is 4.37. The third-order valence-electron chi connectivity index (χ3n) is 4.14. The van der Waals surface area contributed by atoms with Gasteiger partial charge in [-0.2, -0.15) is 0 Å². The van der Waals surface area contributed by atoms with E-state index in [9.17, 15) is 0 Å². The highest BCUT2D eigenvalue weighted by Crippen LogP contribution is 2.36. The summed E-state index contributed by atoms with van der Waals surface area (Å²) in [5.41, 5.74) is 10.7. The summed E-state index contributed by atoms with van der Waals surface area (Å²) in [7, 11) is 0. The predicted molar refractivity (Wildman–Crippen MR) is 87.5 cm³/mol. The van der Waals surface area contributed by atoms with E-state index < -0.39 is 0 Å². The number of nitrogens with zero attached hydrogens (tertiary/aromatic N) is 1. The molecule has 21 heavy (non-hydrogen) atoms. The van der Waals surface area contributed by atoms with Crippen molar-refractivity contribution in [2.24, 2.45) is 17.6 Å². The lowest BCUT2D eigenvalue weighted by atomic mass is 9.94. The zero-order chi connectivity index (χ0) is 15.0. The normalized spacial score (nSPS) is 14.3. The lowest BCUT2D eigenvalue weighted by molar-refractivity contribution is 0.409. The molecular weight excluding hydrogens is 282 g/mol.